The molecule has 2 fully saturated rings. The Morgan fingerprint density at radius 1 is 1.00 bits per heavy atom. The van der Waals surface area contributed by atoms with E-state index in [0.717, 1.165) is 16.7 Å². The van der Waals surface area contributed by atoms with Crippen LogP contribution in [-0.2, 0) is 28.9 Å². The van der Waals surface area contributed by atoms with Crippen molar-refractivity contribution in [2.24, 2.45) is 4.99 Å². The monoisotopic (exact) mass is 868 g/mol. The minimum absolute atomic E-state index is 0.0647. The van der Waals surface area contributed by atoms with Gasteiger partial charge in [0.1, 0.15) is 35.2 Å². The highest BCUT2D eigenvalue weighted by molar-refractivity contribution is 7.62. The maximum atomic E-state index is 13.4. The zero-order valence-electron chi connectivity index (χ0n) is 36.3. The van der Waals surface area contributed by atoms with Crippen LogP contribution < -0.4 is 25.2 Å². The summed E-state index contributed by atoms with van der Waals surface area (Å²) in [6.07, 6.45) is 0.541. The van der Waals surface area contributed by atoms with Crippen LogP contribution in [0.3, 0.4) is 0 Å². The minimum atomic E-state index is -3.23. The molecule has 2 aliphatic heterocycles. The molecule has 0 unspecified atom stereocenters. The summed E-state index contributed by atoms with van der Waals surface area (Å²) in [6.45, 7) is 8.11. The van der Waals surface area contributed by atoms with Gasteiger partial charge in [0, 0.05) is 26.2 Å². The standard InChI is InChI=1S/C44H54N9O8P/c1-29(2)50-62(51-30(3)4,59-24-12-23-45)61-38-37-41(53-39-36(25-47-53)40(54)49-42(48-39)46-28-52(5)6)60-43(38,26-57-37)27-58-44(31-13-10-9-11-14-31,32-15-19-34(55-7)20-16-32)33-17-21-35(56-8)22-18-33/h9-11,13-22,25,28-30,37-38,41,50-51H,12,24,26-27H2,1-8H3/p+1/t37-,38+,41-,43-/m1/s1. The third kappa shape index (κ3) is 9.10. The predicted molar refractivity (Wildman–Crippen MR) is 235 cm³/mol. The number of nitrogens with zero attached hydrogens (tertiary/aromatic N) is 6. The van der Waals surface area contributed by atoms with Crippen LogP contribution in [0.1, 0.15) is 57.0 Å². The number of H-pyrrole nitrogens is 1. The van der Waals surface area contributed by atoms with E-state index in [1.54, 1.807) is 30.1 Å². The van der Waals surface area contributed by atoms with Gasteiger partial charge in [0.25, 0.3) is 5.56 Å². The molecule has 7 rings (SSSR count). The van der Waals surface area contributed by atoms with E-state index in [1.807, 2.05) is 121 Å². The van der Waals surface area contributed by atoms with E-state index in [2.05, 4.69) is 31.3 Å². The van der Waals surface area contributed by atoms with Crippen molar-refractivity contribution in [3.63, 3.8) is 0 Å². The molecule has 0 radical (unpaired) electrons. The smallest absolute Gasteiger partial charge is 0.432 e. The Kier molecular flexibility index (Phi) is 13.7. The minimum Gasteiger partial charge on any atom is -0.497 e. The van der Waals surface area contributed by atoms with Gasteiger partial charge in [0.05, 0.1) is 52.5 Å². The number of hydrogen-bond donors (Lipinski definition) is 3. The molecule has 0 saturated carbocycles. The lowest BCUT2D eigenvalue weighted by molar-refractivity contribution is -0.204. The molecule has 2 aromatic heterocycles. The van der Waals surface area contributed by atoms with Crippen LogP contribution in [0.5, 0.6) is 11.5 Å². The summed E-state index contributed by atoms with van der Waals surface area (Å²) in [4.78, 5) is 26.9. The zero-order valence-corrected chi connectivity index (χ0v) is 37.2. The molecule has 4 atom stereocenters. The van der Waals surface area contributed by atoms with Crippen LogP contribution in [0.4, 0.5) is 5.95 Å². The fraction of sp³-hybridized carbons (Fsp3) is 0.432. The van der Waals surface area contributed by atoms with Crippen molar-refractivity contribution in [3.8, 4) is 17.6 Å². The quantitative estimate of drug-likeness (QED) is 0.0270. The molecule has 0 aliphatic carbocycles. The first kappa shape index (κ1) is 44.8. The van der Waals surface area contributed by atoms with E-state index in [4.69, 9.17) is 37.7 Å². The van der Waals surface area contributed by atoms with E-state index in [-0.39, 0.29) is 55.3 Å². The Morgan fingerprint density at radius 2 is 1.61 bits per heavy atom. The van der Waals surface area contributed by atoms with Gasteiger partial charge in [-0.05, 0) is 68.7 Å². The third-order valence-corrected chi connectivity index (χ3v) is 13.2. The predicted octanol–water partition coefficient (Wildman–Crippen LogP) is 6.02. The molecule has 17 nitrogen and oxygen atoms in total. The number of hydrogen-bond acceptors (Lipinski definition) is 14. The molecule has 0 spiro atoms. The first-order valence-electron chi connectivity index (χ1n) is 20.5. The van der Waals surface area contributed by atoms with Crippen LogP contribution in [0.25, 0.3) is 11.0 Å². The number of aliphatic imine (C=N–C) groups is 1. The molecule has 4 heterocycles. The van der Waals surface area contributed by atoms with Crippen molar-refractivity contribution in [1.29, 1.82) is 5.26 Å². The second-order valence-electron chi connectivity index (χ2n) is 16.0. The van der Waals surface area contributed by atoms with Crippen LogP contribution in [0, 0.1) is 11.3 Å². The fourth-order valence-corrected chi connectivity index (χ4v) is 10.5. The molecular formula is C44H55N9O8P+. The van der Waals surface area contributed by atoms with Gasteiger partial charge >= 0.3 is 8.02 Å². The Bertz CT molecular complexity index is 2350. The lowest BCUT2D eigenvalue weighted by atomic mass is 9.79. The van der Waals surface area contributed by atoms with Gasteiger partial charge in [-0.15, -0.1) is 10.2 Å². The second-order valence-corrected chi connectivity index (χ2v) is 18.0. The summed E-state index contributed by atoms with van der Waals surface area (Å²) in [7, 11) is 3.67. The van der Waals surface area contributed by atoms with Crippen LogP contribution in [0.2, 0.25) is 0 Å². The van der Waals surface area contributed by atoms with E-state index in [9.17, 15) is 10.1 Å². The number of benzene rings is 3. The number of nitrogens with one attached hydrogen (secondary N) is 3. The van der Waals surface area contributed by atoms with Crippen molar-refractivity contribution < 1.29 is 32.7 Å². The average molecular weight is 869 g/mol. The Hall–Kier alpha value is -5.28. The van der Waals surface area contributed by atoms with Gasteiger partial charge in [0.15, 0.2) is 23.6 Å². The van der Waals surface area contributed by atoms with Crippen LogP contribution in [0.15, 0.2) is 94.8 Å². The lowest BCUT2D eigenvalue weighted by Crippen LogP contribution is -2.51. The molecule has 2 aliphatic rings. The molecule has 2 saturated heterocycles. The van der Waals surface area contributed by atoms with E-state index < -0.39 is 43.2 Å². The van der Waals surface area contributed by atoms with E-state index >= 15 is 0 Å². The third-order valence-electron chi connectivity index (χ3n) is 10.4. The number of ether oxygens (including phenoxy) is 5. The topological polar surface area (TPSA) is 192 Å². The number of nitriles is 1. The summed E-state index contributed by atoms with van der Waals surface area (Å²) < 4.78 is 47.9. The summed E-state index contributed by atoms with van der Waals surface area (Å²) in [5.41, 5.74) is -0.180. The summed E-state index contributed by atoms with van der Waals surface area (Å²) in [5.74, 6) is 1.47. The van der Waals surface area contributed by atoms with Crippen molar-refractivity contribution in [2.75, 3.05) is 48.1 Å². The molecule has 18 heteroatoms. The van der Waals surface area contributed by atoms with Crippen LogP contribution in [-0.4, -0.2) is 109 Å². The second kappa shape index (κ2) is 19.0. The number of aromatic amines is 1. The molecule has 5 aromatic rings. The number of methoxy groups -OCH3 is 2. The highest BCUT2D eigenvalue weighted by atomic mass is 31.2. The molecule has 62 heavy (non-hydrogen) atoms. The average Bonchev–Trinajstić information content (AvgIpc) is 3.93. The highest BCUT2D eigenvalue weighted by Crippen LogP contribution is 2.61. The summed E-state index contributed by atoms with van der Waals surface area (Å²) in [5, 5.41) is 21.5. The number of aromatic nitrogens is 4. The Labute approximate surface area is 361 Å². The highest BCUT2D eigenvalue weighted by Gasteiger charge is 2.69. The molecule has 0 amide bonds. The largest absolute Gasteiger partial charge is 0.497 e. The number of fused-ring (bicyclic) bond motifs is 3. The maximum absolute atomic E-state index is 13.4. The van der Waals surface area contributed by atoms with E-state index in [0.29, 0.717) is 11.5 Å². The molecule has 2 bridgehead atoms. The molecule has 328 valence electrons. The van der Waals surface area contributed by atoms with Gasteiger partial charge in [-0.25, -0.2) is 9.67 Å². The van der Waals surface area contributed by atoms with Crippen molar-refractivity contribution >= 4 is 31.3 Å². The van der Waals surface area contributed by atoms with Gasteiger partial charge in [-0.3, -0.25) is 9.78 Å². The Morgan fingerprint density at radius 3 is 2.18 bits per heavy atom. The summed E-state index contributed by atoms with van der Waals surface area (Å²) >= 11 is 0. The Balaban J connectivity index is 1.39. The normalized spacial score (nSPS) is 20.1. The summed E-state index contributed by atoms with van der Waals surface area (Å²) in [6, 6.07) is 27.5. The number of rotatable bonds is 20. The van der Waals surface area contributed by atoms with Gasteiger partial charge in [-0.1, -0.05) is 54.6 Å². The maximum Gasteiger partial charge on any atom is 0.432 e. The van der Waals surface area contributed by atoms with Crippen molar-refractivity contribution in [1.82, 2.24) is 34.8 Å². The first-order chi connectivity index (χ1) is 29.9. The fourth-order valence-electron chi connectivity index (χ4n) is 7.76. The SMILES string of the molecule is COc1ccc(C(OC[C@@]23CO[C@@H]([C@H](n4ncc5c(=O)[nH]c(N=CN(C)C)nc54)O2)[C@@H]3O[P+](NC(C)C)(NC(C)C)OCCC#N)(c2ccccc2)c2ccc(OC)cc2)cc1. The van der Waals surface area contributed by atoms with Gasteiger partial charge in [-0.2, -0.15) is 24.4 Å². The first-order valence-corrected chi connectivity index (χ1v) is 22.1. The molecule has 3 N–H and O–H groups in total. The zero-order chi connectivity index (χ0) is 44.1. The van der Waals surface area contributed by atoms with Gasteiger partial charge < -0.3 is 28.6 Å². The van der Waals surface area contributed by atoms with E-state index in [1.165, 1.54) is 6.20 Å². The van der Waals surface area contributed by atoms with Gasteiger partial charge in [0.2, 0.25) is 5.95 Å². The molecule has 3 aromatic carbocycles. The van der Waals surface area contributed by atoms with Crippen LogP contribution >= 0.6 is 8.02 Å². The lowest BCUT2D eigenvalue weighted by Gasteiger charge is -2.40. The van der Waals surface area contributed by atoms with Crippen molar-refractivity contribution in [3.05, 3.63) is 112 Å². The van der Waals surface area contributed by atoms with Crippen molar-refractivity contribution in [2.45, 2.75) is 75.8 Å². The molecular weight excluding hydrogens is 814 g/mol.